The Morgan fingerprint density at radius 2 is 1.56 bits per heavy atom. The Labute approximate surface area is 196 Å². The van der Waals surface area contributed by atoms with E-state index in [1.54, 1.807) is 0 Å². The van der Waals surface area contributed by atoms with E-state index in [0.717, 1.165) is 28.0 Å². The van der Waals surface area contributed by atoms with Gasteiger partial charge in [-0.3, -0.25) is 4.79 Å². The van der Waals surface area contributed by atoms with Crippen molar-refractivity contribution in [2.45, 2.75) is 52.6 Å². The molecule has 0 unspecified atom stereocenters. The molecule has 168 valence electrons. The number of aryl methyl sites for hydroxylation is 1. The first kappa shape index (κ1) is 23.9. The summed E-state index contributed by atoms with van der Waals surface area (Å²) in [5, 5.41) is 0.700. The molecule has 0 heterocycles. The molecule has 3 nitrogen and oxygen atoms in total. The average Bonchev–Trinajstić information content (AvgIpc) is 2.77. The van der Waals surface area contributed by atoms with Crippen molar-refractivity contribution in [3.8, 4) is 16.9 Å². The first-order valence-electron chi connectivity index (χ1n) is 11.0. The highest BCUT2D eigenvalue weighted by Gasteiger charge is 2.14. The molecule has 0 N–H and O–H groups in total. The second-order valence-electron chi connectivity index (χ2n) is 8.87. The van der Waals surface area contributed by atoms with Crippen LogP contribution >= 0.6 is 11.6 Å². The van der Waals surface area contributed by atoms with Gasteiger partial charge in [0, 0.05) is 11.4 Å². The summed E-state index contributed by atoms with van der Waals surface area (Å²) in [5.41, 5.74) is 5.68. The quantitative estimate of drug-likeness (QED) is 0.336. The maximum absolute atomic E-state index is 11.9. The van der Waals surface area contributed by atoms with Crippen molar-refractivity contribution < 1.29 is 14.3 Å². The number of halogens is 1. The number of benzene rings is 3. The molecule has 0 spiro atoms. The van der Waals surface area contributed by atoms with E-state index in [2.05, 4.69) is 57.2 Å². The summed E-state index contributed by atoms with van der Waals surface area (Å²) in [6, 6.07) is 22.4. The van der Waals surface area contributed by atoms with Crippen LogP contribution in [0.4, 0.5) is 0 Å². The van der Waals surface area contributed by atoms with Gasteiger partial charge in [-0.15, -0.1) is 0 Å². The zero-order chi connectivity index (χ0) is 23.1. The van der Waals surface area contributed by atoms with Gasteiger partial charge in [-0.05, 0) is 70.8 Å². The van der Waals surface area contributed by atoms with Gasteiger partial charge in [-0.1, -0.05) is 74.8 Å². The van der Waals surface area contributed by atoms with Crippen LogP contribution in [0.5, 0.6) is 5.75 Å². The van der Waals surface area contributed by atoms with Gasteiger partial charge in [0.2, 0.25) is 0 Å². The van der Waals surface area contributed by atoms with Crippen LogP contribution in [0.3, 0.4) is 0 Å². The lowest BCUT2D eigenvalue weighted by Gasteiger charge is -2.19. The number of ether oxygens (including phenoxy) is 2. The normalized spacial score (nSPS) is 11.3. The van der Waals surface area contributed by atoms with E-state index in [4.69, 9.17) is 21.1 Å². The molecular weight excluding hydrogens is 420 g/mol. The zero-order valence-electron chi connectivity index (χ0n) is 19.3. The molecule has 0 bridgehead atoms. The number of carbonyl (C=O) groups excluding carboxylic acids is 1. The first-order chi connectivity index (χ1) is 15.3. The van der Waals surface area contributed by atoms with Crippen molar-refractivity contribution in [3.63, 3.8) is 0 Å². The minimum absolute atomic E-state index is 0.114. The fourth-order valence-electron chi connectivity index (χ4n) is 3.47. The summed E-state index contributed by atoms with van der Waals surface area (Å²) < 4.78 is 11.2. The highest BCUT2D eigenvalue weighted by atomic mass is 35.5. The Morgan fingerprint density at radius 3 is 2.19 bits per heavy atom. The van der Waals surface area contributed by atoms with E-state index < -0.39 is 0 Å². The van der Waals surface area contributed by atoms with Crippen LogP contribution in [0.15, 0.2) is 66.7 Å². The summed E-state index contributed by atoms with van der Waals surface area (Å²) in [6.07, 6.45) is 0.875. The van der Waals surface area contributed by atoms with Gasteiger partial charge < -0.3 is 9.47 Å². The van der Waals surface area contributed by atoms with Crippen LogP contribution in [-0.2, 0) is 28.0 Å². The van der Waals surface area contributed by atoms with E-state index in [-0.39, 0.29) is 11.4 Å². The second kappa shape index (κ2) is 10.7. The molecule has 0 atom stereocenters. The number of rotatable bonds is 8. The molecule has 0 amide bonds. The summed E-state index contributed by atoms with van der Waals surface area (Å²) >= 11 is 5.98. The van der Waals surface area contributed by atoms with Crippen LogP contribution in [-0.4, -0.2) is 12.6 Å². The first-order valence-corrected chi connectivity index (χ1v) is 11.4. The third kappa shape index (κ3) is 6.61. The fourth-order valence-corrected chi connectivity index (χ4v) is 3.60. The van der Waals surface area contributed by atoms with Gasteiger partial charge in [0.1, 0.15) is 12.4 Å². The molecule has 0 fully saturated rings. The molecule has 3 aromatic rings. The Hall–Kier alpha value is -2.78. The third-order valence-electron chi connectivity index (χ3n) is 5.36. The molecule has 0 aromatic heterocycles. The summed E-state index contributed by atoms with van der Waals surface area (Å²) in [6.45, 7) is 9.27. The van der Waals surface area contributed by atoms with E-state index in [1.807, 2.05) is 37.3 Å². The van der Waals surface area contributed by atoms with E-state index >= 15 is 0 Å². The highest BCUT2D eigenvalue weighted by Crippen LogP contribution is 2.30. The van der Waals surface area contributed by atoms with Gasteiger partial charge >= 0.3 is 5.97 Å². The molecule has 0 aliphatic rings. The smallest absolute Gasteiger partial charge is 0.306 e. The van der Waals surface area contributed by atoms with Crippen LogP contribution in [0.1, 0.15) is 50.8 Å². The topological polar surface area (TPSA) is 35.5 Å². The van der Waals surface area contributed by atoms with E-state index in [9.17, 15) is 4.79 Å². The minimum Gasteiger partial charge on any atom is -0.489 e. The molecular formula is C28H31ClO3. The Bertz CT molecular complexity index is 1030. The highest BCUT2D eigenvalue weighted by molar-refractivity contribution is 6.30. The Kier molecular flexibility index (Phi) is 7.98. The number of hydrogen-bond acceptors (Lipinski definition) is 3. The van der Waals surface area contributed by atoms with Crippen molar-refractivity contribution in [2.24, 2.45) is 0 Å². The number of carbonyl (C=O) groups is 1. The minimum atomic E-state index is -0.198. The summed E-state index contributed by atoms with van der Waals surface area (Å²) in [4.78, 5) is 11.9. The average molecular weight is 451 g/mol. The summed E-state index contributed by atoms with van der Waals surface area (Å²) in [7, 11) is 0. The number of esters is 1. The molecule has 0 aliphatic carbocycles. The van der Waals surface area contributed by atoms with Crippen LogP contribution < -0.4 is 4.74 Å². The van der Waals surface area contributed by atoms with Crippen LogP contribution in [0.2, 0.25) is 5.02 Å². The third-order valence-corrected chi connectivity index (χ3v) is 5.61. The standard InChI is InChI=1S/C28H31ClO3/c1-5-31-27(30)17-11-23-18-22(21-8-12-24(13-9-21)28(2,3)4)10-16-26(23)32-19-20-6-14-25(29)15-7-20/h6-10,12-16,18H,5,11,17,19H2,1-4H3. The largest absolute Gasteiger partial charge is 0.489 e. The molecule has 0 saturated carbocycles. The van der Waals surface area contributed by atoms with Gasteiger partial charge in [-0.25, -0.2) is 0 Å². The number of hydrogen-bond donors (Lipinski definition) is 0. The molecule has 32 heavy (non-hydrogen) atoms. The van der Waals surface area contributed by atoms with Crippen molar-refractivity contribution in [1.29, 1.82) is 0 Å². The molecule has 0 aliphatic heterocycles. The van der Waals surface area contributed by atoms with Crippen molar-refractivity contribution in [2.75, 3.05) is 6.61 Å². The zero-order valence-corrected chi connectivity index (χ0v) is 20.0. The van der Waals surface area contributed by atoms with Crippen LogP contribution in [0.25, 0.3) is 11.1 Å². The second-order valence-corrected chi connectivity index (χ2v) is 9.31. The predicted molar refractivity (Wildman–Crippen MR) is 131 cm³/mol. The fraction of sp³-hybridized carbons (Fsp3) is 0.321. The van der Waals surface area contributed by atoms with Crippen LogP contribution in [0, 0.1) is 0 Å². The van der Waals surface area contributed by atoms with Gasteiger partial charge in [0.25, 0.3) is 0 Å². The summed E-state index contributed by atoms with van der Waals surface area (Å²) in [5.74, 6) is 0.579. The Morgan fingerprint density at radius 1 is 0.906 bits per heavy atom. The van der Waals surface area contributed by atoms with Crippen molar-refractivity contribution in [3.05, 3.63) is 88.4 Å². The molecule has 3 rings (SSSR count). The molecule has 0 radical (unpaired) electrons. The van der Waals surface area contributed by atoms with Gasteiger partial charge in [0.15, 0.2) is 0 Å². The monoisotopic (exact) mass is 450 g/mol. The van der Waals surface area contributed by atoms with E-state index in [1.165, 1.54) is 5.56 Å². The van der Waals surface area contributed by atoms with E-state index in [0.29, 0.717) is 31.1 Å². The molecule has 4 heteroatoms. The van der Waals surface area contributed by atoms with Crippen molar-refractivity contribution >= 4 is 17.6 Å². The lowest BCUT2D eigenvalue weighted by atomic mass is 9.86. The van der Waals surface area contributed by atoms with Gasteiger partial charge in [0.05, 0.1) is 6.61 Å². The molecule has 3 aromatic carbocycles. The lowest BCUT2D eigenvalue weighted by molar-refractivity contribution is -0.143. The Balaban J connectivity index is 1.83. The maximum atomic E-state index is 11.9. The SMILES string of the molecule is CCOC(=O)CCc1cc(-c2ccc(C(C)(C)C)cc2)ccc1OCc1ccc(Cl)cc1. The predicted octanol–water partition coefficient (Wildman–Crippen LogP) is 7.38. The lowest BCUT2D eigenvalue weighted by Crippen LogP contribution is -2.10. The molecule has 0 saturated heterocycles. The van der Waals surface area contributed by atoms with Crippen molar-refractivity contribution in [1.82, 2.24) is 0 Å². The maximum Gasteiger partial charge on any atom is 0.306 e. The van der Waals surface area contributed by atoms with Gasteiger partial charge in [-0.2, -0.15) is 0 Å².